The fourth-order valence-corrected chi connectivity index (χ4v) is 3.66. The van der Waals surface area contributed by atoms with Crippen LogP contribution in [0.4, 0.5) is 0 Å². The zero-order chi connectivity index (χ0) is 22.1. The van der Waals surface area contributed by atoms with E-state index in [-0.39, 0.29) is 0 Å². The molecule has 5 heteroatoms. The van der Waals surface area contributed by atoms with Crippen molar-refractivity contribution in [2.45, 2.75) is 53.0 Å². The van der Waals surface area contributed by atoms with Crippen molar-refractivity contribution in [2.24, 2.45) is 5.92 Å². The zero-order valence-corrected chi connectivity index (χ0v) is 19.0. The number of benzene rings is 1. The number of hydrogen-bond donors (Lipinski definition) is 1. The van der Waals surface area contributed by atoms with Gasteiger partial charge in [0.1, 0.15) is 12.4 Å². The molecule has 2 heterocycles. The van der Waals surface area contributed by atoms with E-state index in [4.69, 9.17) is 9.15 Å². The first kappa shape index (κ1) is 23.3. The largest absolute Gasteiger partial charge is 0.467 e. The Hall–Kier alpha value is -2.34. The second-order valence-electron chi connectivity index (χ2n) is 8.72. The molecule has 0 aliphatic carbocycles. The molecule has 0 spiro atoms. The summed E-state index contributed by atoms with van der Waals surface area (Å²) in [6, 6.07) is 16.5. The van der Waals surface area contributed by atoms with E-state index in [1.807, 2.05) is 12.1 Å². The van der Waals surface area contributed by atoms with Crippen LogP contribution in [-0.2, 0) is 24.4 Å². The van der Waals surface area contributed by atoms with E-state index in [1.165, 1.54) is 16.8 Å². The van der Waals surface area contributed by atoms with Gasteiger partial charge in [-0.25, -0.2) is 0 Å². The summed E-state index contributed by atoms with van der Waals surface area (Å²) >= 11 is 0. The molecule has 0 radical (unpaired) electrons. The van der Waals surface area contributed by atoms with Gasteiger partial charge in [0.25, 0.3) is 0 Å². The van der Waals surface area contributed by atoms with Gasteiger partial charge in [0.2, 0.25) is 0 Å². The molecule has 0 aliphatic rings. The molecule has 1 N–H and O–H groups in total. The van der Waals surface area contributed by atoms with E-state index >= 15 is 0 Å². The molecule has 0 aliphatic heterocycles. The van der Waals surface area contributed by atoms with E-state index < -0.39 is 6.10 Å². The van der Waals surface area contributed by atoms with Crippen LogP contribution in [0.15, 0.2) is 65.4 Å². The van der Waals surface area contributed by atoms with Crippen LogP contribution in [0.1, 0.15) is 42.8 Å². The van der Waals surface area contributed by atoms with Gasteiger partial charge in [-0.05, 0) is 61.2 Å². The van der Waals surface area contributed by atoms with Crippen LogP contribution in [0.3, 0.4) is 0 Å². The van der Waals surface area contributed by atoms with E-state index in [0.29, 0.717) is 25.7 Å². The van der Waals surface area contributed by atoms with Gasteiger partial charge in [0.15, 0.2) is 0 Å². The Morgan fingerprint density at radius 1 is 1.10 bits per heavy atom. The quantitative estimate of drug-likeness (QED) is 0.426. The monoisotopic (exact) mass is 424 g/mol. The van der Waals surface area contributed by atoms with Crippen molar-refractivity contribution in [3.8, 4) is 0 Å². The highest BCUT2D eigenvalue weighted by Crippen LogP contribution is 2.15. The Labute approximate surface area is 186 Å². The van der Waals surface area contributed by atoms with Gasteiger partial charge < -0.3 is 18.8 Å². The zero-order valence-electron chi connectivity index (χ0n) is 19.0. The Morgan fingerprint density at radius 2 is 1.94 bits per heavy atom. The smallest absolute Gasteiger partial charge is 0.129 e. The van der Waals surface area contributed by atoms with Crippen molar-refractivity contribution >= 4 is 0 Å². The summed E-state index contributed by atoms with van der Waals surface area (Å²) in [6.07, 6.45) is 4.33. The lowest BCUT2D eigenvalue weighted by molar-refractivity contribution is 0.00296. The number of aliphatic hydroxyl groups excluding tert-OH is 1. The standard InChI is InChI=1S/C26H36N2O3/c1-21(2)12-14-27(18-25(29)19-30-20-26-11-7-15-31-26)17-24-10-6-13-28(24)16-23-9-5-4-8-22(23)3/h4-11,13,15,21,25,29H,12,14,16-20H2,1-3H3. The molecule has 0 bridgehead atoms. The Kier molecular flexibility index (Phi) is 8.95. The summed E-state index contributed by atoms with van der Waals surface area (Å²) < 4.78 is 13.2. The van der Waals surface area contributed by atoms with Crippen LogP contribution in [-0.4, -0.2) is 40.4 Å². The Bertz CT molecular complexity index is 886. The Morgan fingerprint density at radius 3 is 2.68 bits per heavy atom. The lowest BCUT2D eigenvalue weighted by Gasteiger charge is -2.26. The average Bonchev–Trinajstić information content (AvgIpc) is 3.40. The highest BCUT2D eigenvalue weighted by atomic mass is 16.5. The van der Waals surface area contributed by atoms with E-state index in [0.717, 1.165) is 31.8 Å². The van der Waals surface area contributed by atoms with Gasteiger partial charge in [-0.1, -0.05) is 38.1 Å². The number of hydrogen-bond acceptors (Lipinski definition) is 4. The van der Waals surface area contributed by atoms with Crippen LogP contribution in [0, 0.1) is 12.8 Å². The predicted molar refractivity (Wildman–Crippen MR) is 124 cm³/mol. The maximum atomic E-state index is 10.6. The molecule has 0 saturated carbocycles. The lowest BCUT2D eigenvalue weighted by Crippen LogP contribution is -2.36. The van der Waals surface area contributed by atoms with Crippen molar-refractivity contribution in [1.82, 2.24) is 9.47 Å². The highest BCUT2D eigenvalue weighted by molar-refractivity contribution is 5.26. The molecule has 168 valence electrons. The summed E-state index contributed by atoms with van der Waals surface area (Å²) in [5, 5.41) is 10.6. The van der Waals surface area contributed by atoms with Crippen molar-refractivity contribution < 1.29 is 14.3 Å². The maximum Gasteiger partial charge on any atom is 0.129 e. The van der Waals surface area contributed by atoms with Gasteiger partial charge >= 0.3 is 0 Å². The molecule has 5 nitrogen and oxygen atoms in total. The molecular formula is C26H36N2O3. The lowest BCUT2D eigenvalue weighted by atomic mass is 10.1. The van der Waals surface area contributed by atoms with Crippen molar-refractivity contribution in [3.63, 3.8) is 0 Å². The average molecular weight is 425 g/mol. The third-order valence-electron chi connectivity index (χ3n) is 5.54. The van der Waals surface area contributed by atoms with Crippen LogP contribution in [0.5, 0.6) is 0 Å². The fourth-order valence-electron chi connectivity index (χ4n) is 3.66. The summed E-state index contributed by atoms with van der Waals surface area (Å²) in [5.41, 5.74) is 3.90. The molecule has 31 heavy (non-hydrogen) atoms. The van der Waals surface area contributed by atoms with Gasteiger partial charge in [-0.15, -0.1) is 0 Å². The first-order chi connectivity index (χ1) is 15.0. The van der Waals surface area contributed by atoms with Gasteiger partial charge in [0.05, 0.1) is 19.0 Å². The fraction of sp³-hybridized carbons (Fsp3) is 0.462. The molecule has 0 amide bonds. The molecule has 1 unspecified atom stereocenters. The van der Waals surface area contributed by atoms with Crippen LogP contribution >= 0.6 is 0 Å². The van der Waals surface area contributed by atoms with Gasteiger partial charge in [-0.3, -0.25) is 4.90 Å². The third kappa shape index (κ3) is 7.69. The summed E-state index contributed by atoms with van der Waals surface area (Å²) in [4.78, 5) is 2.34. The predicted octanol–water partition coefficient (Wildman–Crippen LogP) is 4.86. The molecule has 2 aromatic heterocycles. The van der Waals surface area contributed by atoms with Crippen molar-refractivity contribution in [2.75, 3.05) is 19.7 Å². The van der Waals surface area contributed by atoms with Crippen LogP contribution in [0.25, 0.3) is 0 Å². The summed E-state index contributed by atoms with van der Waals surface area (Å²) in [7, 11) is 0. The van der Waals surface area contributed by atoms with E-state index in [1.54, 1.807) is 6.26 Å². The van der Waals surface area contributed by atoms with E-state index in [2.05, 4.69) is 72.8 Å². The molecule has 0 saturated heterocycles. The number of aliphatic hydroxyl groups is 1. The molecule has 3 rings (SSSR count). The number of aromatic nitrogens is 1. The minimum Gasteiger partial charge on any atom is -0.467 e. The number of rotatable bonds is 13. The first-order valence-electron chi connectivity index (χ1n) is 11.2. The normalized spacial score (nSPS) is 12.7. The minimum absolute atomic E-state index is 0.295. The molecule has 1 atom stereocenters. The first-order valence-corrected chi connectivity index (χ1v) is 11.2. The van der Waals surface area contributed by atoms with Crippen molar-refractivity contribution in [3.05, 3.63) is 83.6 Å². The second kappa shape index (κ2) is 11.9. The number of aryl methyl sites for hydroxylation is 1. The maximum absolute atomic E-state index is 10.6. The van der Waals surface area contributed by atoms with Crippen LogP contribution < -0.4 is 0 Å². The Balaban J connectivity index is 1.58. The highest BCUT2D eigenvalue weighted by Gasteiger charge is 2.15. The summed E-state index contributed by atoms with van der Waals surface area (Å²) in [5.74, 6) is 1.39. The molecule has 0 fully saturated rings. The topological polar surface area (TPSA) is 50.8 Å². The number of nitrogens with zero attached hydrogens (tertiary/aromatic N) is 2. The van der Waals surface area contributed by atoms with Gasteiger partial charge in [0, 0.05) is 31.5 Å². The molecule has 3 aromatic rings. The van der Waals surface area contributed by atoms with Crippen LogP contribution in [0.2, 0.25) is 0 Å². The molecule has 1 aromatic carbocycles. The van der Waals surface area contributed by atoms with E-state index in [9.17, 15) is 5.11 Å². The number of ether oxygens (including phenoxy) is 1. The molecular weight excluding hydrogens is 388 g/mol. The number of furan rings is 1. The SMILES string of the molecule is Cc1ccccc1Cn1cccc1CN(CCC(C)C)CC(O)COCc1ccco1. The third-order valence-corrected chi connectivity index (χ3v) is 5.54. The van der Waals surface area contributed by atoms with Gasteiger partial charge in [-0.2, -0.15) is 0 Å². The minimum atomic E-state index is -0.540. The summed E-state index contributed by atoms with van der Waals surface area (Å²) in [6.45, 7) is 10.5. The second-order valence-corrected chi connectivity index (χ2v) is 8.72. The van der Waals surface area contributed by atoms with Crippen molar-refractivity contribution in [1.29, 1.82) is 0 Å².